The van der Waals surface area contributed by atoms with Gasteiger partial charge >= 0.3 is 0 Å². The molecule has 0 saturated heterocycles. The zero-order valence-corrected chi connectivity index (χ0v) is 22.5. The van der Waals surface area contributed by atoms with Gasteiger partial charge in [0, 0.05) is 27.1 Å². The van der Waals surface area contributed by atoms with Gasteiger partial charge in [-0.05, 0) is 54.1 Å². The van der Waals surface area contributed by atoms with Crippen LogP contribution in [0, 0.1) is 22.7 Å². The molecule has 4 heteroatoms. The Morgan fingerprint density at radius 1 is 0.429 bits per heavy atom. The van der Waals surface area contributed by atoms with E-state index in [1.54, 1.807) is 0 Å². The minimum atomic E-state index is 0.579. The molecule has 0 bridgehead atoms. The van der Waals surface area contributed by atoms with Crippen LogP contribution >= 0.6 is 0 Å². The number of fused-ring (bicyclic) bond motifs is 6. The minimum Gasteiger partial charge on any atom is -0.309 e. The smallest absolute Gasteiger partial charge is 0.101 e. The molecule has 0 atom stereocenters. The van der Waals surface area contributed by atoms with Gasteiger partial charge in [-0.25, -0.2) is 0 Å². The van der Waals surface area contributed by atoms with Crippen LogP contribution in [-0.4, -0.2) is 9.13 Å². The molecule has 0 aliphatic heterocycles. The first kappa shape index (κ1) is 23.8. The van der Waals surface area contributed by atoms with Crippen molar-refractivity contribution in [3.63, 3.8) is 0 Å². The molecule has 4 nitrogen and oxygen atoms in total. The van der Waals surface area contributed by atoms with Crippen molar-refractivity contribution in [3.8, 4) is 34.6 Å². The van der Waals surface area contributed by atoms with E-state index in [-0.39, 0.29) is 0 Å². The second-order valence-electron chi connectivity index (χ2n) is 10.4. The summed E-state index contributed by atoms with van der Waals surface area (Å²) >= 11 is 0. The minimum absolute atomic E-state index is 0.579. The quantitative estimate of drug-likeness (QED) is 0.227. The average Bonchev–Trinajstić information content (AvgIpc) is 3.57. The molecular formula is C38H22N4. The summed E-state index contributed by atoms with van der Waals surface area (Å²) in [5, 5.41) is 24.7. The second-order valence-corrected chi connectivity index (χ2v) is 10.4. The highest BCUT2D eigenvalue weighted by Gasteiger charge is 2.21. The maximum atomic E-state index is 10.6. The van der Waals surface area contributed by atoms with E-state index in [2.05, 4.69) is 112 Å². The van der Waals surface area contributed by atoms with Crippen LogP contribution in [0.25, 0.3) is 66.1 Å². The third-order valence-electron chi connectivity index (χ3n) is 8.20. The lowest BCUT2D eigenvalue weighted by Gasteiger charge is -2.19. The summed E-state index contributed by atoms with van der Waals surface area (Å²) in [7, 11) is 0. The molecule has 194 valence electrons. The number of hydrogen-bond donors (Lipinski definition) is 0. The van der Waals surface area contributed by atoms with Crippen molar-refractivity contribution in [2.45, 2.75) is 0 Å². The van der Waals surface area contributed by atoms with Gasteiger partial charge in [0.2, 0.25) is 0 Å². The first-order chi connectivity index (χ1) is 20.8. The third kappa shape index (κ3) is 3.40. The van der Waals surface area contributed by atoms with Gasteiger partial charge in [-0.1, -0.05) is 84.9 Å². The lowest BCUT2D eigenvalue weighted by atomic mass is 9.98. The molecule has 0 spiro atoms. The molecule has 6 aromatic carbocycles. The van der Waals surface area contributed by atoms with Crippen LogP contribution in [0.1, 0.15) is 11.1 Å². The van der Waals surface area contributed by atoms with Crippen molar-refractivity contribution in [2.75, 3.05) is 0 Å². The largest absolute Gasteiger partial charge is 0.309 e. The van der Waals surface area contributed by atoms with Crippen LogP contribution in [0.15, 0.2) is 133 Å². The molecule has 8 aromatic rings. The van der Waals surface area contributed by atoms with Crippen molar-refractivity contribution >= 4 is 43.6 Å². The lowest BCUT2D eigenvalue weighted by Crippen LogP contribution is -2.04. The second kappa shape index (κ2) is 9.24. The van der Waals surface area contributed by atoms with Crippen LogP contribution in [0.2, 0.25) is 0 Å². The average molecular weight is 535 g/mol. The molecule has 0 aliphatic rings. The molecule has 0 N–H and O–H groups in total. The predicted molar refractivity (Wildman–Crippen MR) is 170 cm³/mol. The number of nitrogens with zero attached hydrogens (tertiary/aromatic N) is 4. The summed E-state index contributed by atoms with van der Waals surface area (Å²) in [5.74, 6) is 0. The normalized spacial score (nSPS) is 11.3. The topological polar surface area (TPSA) is 57.4 Å². The zero-order valence-electron chi connectivity index (χ0n) is 22.5. The van der Waals surface area contributed by atoms with Crippen molar-refractivity contribution in [3.05, 3.63) is 145 Å². The molecule has 0 amide bonds. The fraction of sp³-hybridized carbons (Fsp3) is 0. The van der Waals surface area contributed by atoms with Gasteiger partial charge in [0.15, 0.2) is 0 Å². The van der Waals surface area contributed by atoms with Crippen LogP contribution in [0.3, 0.4) is 0 Å². The Morgan fingerprint density at radius 3 is 1.29 bits per heavy atom. The van der Waals surface area contributed by atoms with Gasteiger partial charge < -0.3 is 9.13 Å². The van der Waals surface area contributed by atoms with E-state index in [1.165, 1.54) is 0 Å². The SMILES string of the molecule is N#Cc1ccc(-c2cc(-n3c4ccccc4c4ccccc43)c(C#N)cc2-n2c3ccccc3c3ccccc32)cc1. The zero-order chi connectivity index (χ0) is 28.2. The molecule has 0 aliphatic carbocycles. The van der Waals surface area contributed by atoms with E-state index in [4.69, 9.17) is 0 Å². The maximum Gasteiger partial charge on any atom is 0.101 e. The van der Waals surface area contributed by atoms with Gasteiger partial charge in [0.25, 0.3) is 0 Å². The third-order valence-corrected chi connectivity index (χ3v) is 8.20. The van der Waals surface area contributed by atoms with Crippen LogP contribution in [0.4, 0.5) is 0 Å². The first-order valence-electron chi connectivity index (χ1n) is 13.8. The number of hydrogen-bond acceptors (Lipinski definition) is 2. The summed E-state index contributed by atoms with van der Waals surface area (Å²) in [5.41, 5.74) is 9.10. The van der Waals surface area contributed by atoms with Crippen molar-refractivity contribution < 1.29 is 0 Å². The summed E-state index contributed by atoms with van der Waals surface area (Å²) in [6.45, 7) is 0. The van der Waals surface area contributed by atoms with Crippen LogP contribution < -0.4 is 0 Å². The summed E-state index contributed by atoms with van der Waals surface area (Å²) < 4.78 is 4.46. The van der Waals surface area contributed by atoms with Crippen molar-refractivity contribution in [1.29, 1.82) is 10.5 Å². The van der Waals surface area contributed by atoms with Gasteiger partial charge in [0.05, 0.1) is 50.6 Å². The molecule has 0 saturated carbocycles. The Kier molecular flexibility index (Phi) is 5.22. The Morgan fingerprint density at radius 2 is 0.857 bits per heavy atom. The Hall–Kier alpha value is -6.10. The van der Waals surface area contributed by atoms with E-state index in [0.717, 1.165) is 66.1 Å². The van der Waals surface area contributed by atoms with Crippen LogP contribution in [-0.2, 0) is 0 Å². The number of nitriles is 2. The Labute approximate surface area is 242 Å². The molecule has 8 rings (SSSR count). The van der Waals surface area contributed by atoms with Gasteiger partial charge in [0.1, 0.15) is 6.07 Å². The predicted octanol–water partition coefficient (Wildman–Crippen LogP) is 9.29. The molecule has 0 unspecified atom stereocenters. The highest BCUT2D eigenvalue weighted by atomic mass is 15.0. The molecule has 2 heterocycles. The maximum absolute atomic E-state index is 10.6. The highest BCUT2D eigenvalue weighted by molar-refractivity contribution is 6.11. The molecular weight excluding hydrogens is 512 g/mol. The Balaban J connectivity index is 1.53. The molecule has 2 aromatic heterocycles. The van der Waals surface area contributed by atoms with E-state index < -0.39 is 0 Å². The fourth-order valence-electron chi connectivity index (χ4n) is 6.36. The lowest BCUT2D eigenvalue weighted by molar-refractivity contribution is 1.14. The number of aromatic nitrogens is 2. The summed E-state index contributed by atoms with van der Waals surface area (Å²) in [6, 6.07) is 50.1. The van der Waals surface area contributed by atoms with Crippen LogP contribution in [0.5, 0.6) is 0 Å². The monoisotopic (exact) mass is 534 g/mol. The molecule has 0 radical (unpaired) electrons. The number of benzene rings is 6. The van der Waals surface area contributed by atoms with Crippen molar-refractivity contribution in [1.82, 2.24) is 9.13 Å². The van der Waals surface area contributed by atoms with E-state index in [9.17, 15) is 10.5 Å². The Bertz CT molecular complexity index is 2320. The molecule has 42 heavy (non-hydrogen) atoms. The molecule has 0 fully saturated rings. The van der Waals surface area contributed by atoms with E-state index in [1.807, 2.05) is 42.5 Å². The number of rotatable bonds is 3. The van der Waals surface area contributed by atoms with E-state index in [0.29, 0.717) is 11.1 Å². The summed E-state index contributed by atoms with van der Waals surface area (Å²) in [4.78, 5) is 0. The van der Waals surface area contributed by atoms with E-state index >= 15 is 0 Å². The fourth-order valence-corrected chi connectivity index (χ4v) is 6.36. The highest BCUT2D eigenvalue weighted by Crippen LogP contribution is 2.40. The van der Waals surface area contributed by atoms with Crippen molar-refractivity contribution in [2.24, 2.45) is 0 Å². The van der Waals surface area contributed by atoms with Gasteiger partial charge in [-0.2, -0.15) is 10.5 Å². The standard InChI is InChI=1S/C38H22N4/c39-23-25-17-19-26(20-18-25)32-22-37(41-33-13-5-1-9-28(33)29-10-2-6-14-34(29)41)27(24-40)21-38(32)42-35-15-7-3-11-30(35)31-12-4-8-16-36(31)42/h1-22H. The summed E-state index contributed by atoms with van der Waals surface area (Å²) in [6.07, 6.45) is 0. The first-order valence-corrected chi connectivity index (χ1v) is 13.8. The van der Waals surface area contributed by atoms with Gasteiger partial charge in [-0.15, -0.1) is 0 Å². The van der Waals surface area contributed by atoms with Gasteiger partial charge in [-0.3, -0.25) is 0 Å². The number of para-hydroxylation sites is 4.